The van der Waals surface area contributed by atoms with Gasteiger partial charge in [0.05, 0.1) is 17.4 Å². The Kier molecular flexibility index (Phi) is 6.24. The largest absolute Gasteiger partial charge is 0.349 e. The summed E-state index contributed by atoms with van der Waals surface area (Å²) in [6.07, 6.45) is 2.12. The van der Waals surface area contributed by atoms with Gasteiger partial charge in [-0.05, 0) is 67.6 Å². The zero-order valence-corrected chi connectivity index (χ0v) is 20.2. The molecule has 172 valence electrons. The van der Waals surface area contributed by atoms with Crippen LogP contribution < -0.4 is 10.9 Å². The molecule has 0 saturated heterocycles. The second-order valence-corrected chi connectivity index (χ2v) is 9.91. The molecular formula is C28H27N3O2S. The monoisotopic (exact) mass is 469 g/mol. The second kappa shape index (κ2) is 9.47. The summed E-state index contributed by atoms with van der Waals surface area (Å²) in [5.74, 6) is 0.696. The number of amides is 1. The van der Waals surface area contributed by atoms with Crippen molar-refractivity contribution in [2.45, 2.75) is 50.2 Å². The number of hydrogen-bond acceptors (Lipinski definition) is 4. The zero-order chi connectivity index (χ0) is 23.7. The molecule has 0 radical (unpaired) electrons. The summed E-state index contributed by atoms with van der Waals surface area (Å²) in [7, 11) is 0. The Bertz CT molecular complexity index is 1420. The first-order valence-electron chi connectivity index (χ1n) is 11.6. The maximum Gasteiger partial charge on any atom is 0.262 e. The molecule has 4 aromatic rings. The summed E-state index contributed by atoms with van der Waals surface area (Å²) in [5, 5.41) is 4.32. The fourth-order valence-corrected chi connectivity index (χ4v) is 5.00. The minimum absolute atomic E-state index is 0.0386. The third-order valence-electron chi connectivity index (χ3n) is 6.16. The van der Waals surface area contributed by atoms with E-state index in [1.807, 2.05) is 48.5 Å². The van der Waals surface area contributed by atoms with Crippen molar-refractivity contribution in [2.24, 2.45) is 0 Å². The number of para-hydroxylation sites is 1. The summed E-state index contributed by atoms with van der Waals surface area (Å²) in [4.78, 5) is 30.6. The van der Waals surface area contributed by atoms with Crippen molar-refractivity contribution in [1.29, 1.82) is 0 Å². The van der Waals surface area contributed by atoms with Crippen LogP contribution >= 0.6 is 11.8 Å². The van der Waals surface area contributed by atoms with E-state index in [2.05, 4.69) is 37.4 Å². The molecule has 5 rings (SSSR count). The topological polar surface area (TPSA) is 64.0 Å². The first kappa shape index (κ1) is 22.4. The molecule has 1 aromatic heterocycles. The number of thioether (sulfide) groups is 1. The van der Waals surface area contributed by atoms with Crippen LogP contribution in [0.4, 0.5) is 0 Å². The van der Waals surface area contributed by atoms with Gasteiger partial charge in [-0.25, -0.2) is 4.98 Å². The average Bonchev–Trinajstić information content (AvgIpc) is 3.66. The van der Waals surface area contributed by atoms with Gasteiger partial charge in [0.1, 0.15) is 0 Å². The lowest BCUT2D eigenvalue weighted by atomic mass is 10.1. The molecule has 1 fully saturated rings. The highest BCUT2D eigenvalue weighted by Crippen LogP contribution is 2.25. The van der Waals surface area contributed by atoms with E-state index in [0.717, 1.165) is 24.2 Å². The van der Waals surface area contributed by atoms with Crippen LogP contribution in [-0.2, 0) is 12.3 Å². The fourth-order valence-electron chi connectivity index (χ4n) is 3.94. The van der Waals surface area contributed by atoms with Gasteiger partial charge in [0, 0.05) is 17.4 Å². The first-order chi connectivity index (χ1) is 16.5. The Morgan fingerprint density at radius 1 is 1.06 bits per heavy atom. The number of fused-ring (bicyclic) bond motifs is 1. The molecule has 0 aliphatic heterocycles. The number of aryl methyl sites for hydroxylation is 2. The third kappa shape index (κ3) is 4.92. The van der Waals surface area contributed by atoms with Crippen molar-refractivity contribution in [3.8, 4) is 0 Å². The van der Waals surface area contributed by atoms with Gasteiger partial charge in [0.25, 0.3) is 11.5 Å². The Hall–Kier alpha value is -3.38. The Balaban J connectivity index is 1.45. The standard InChI is InChI=1S/C28H27N3O2S/c1-18-7-8-19(2)22(15-18)17-34-28-30-25-6-4-3-5-24(25)27(33)31(28)16-20-9-11-21(12-10-20)26(32)29-23-13-14-23/h3-12,15,23H,13-14,16-17H2,1-2H3,(H,29,32). The maximum atomic E-state index is 13.4. The average molecular weight is 470 g/mol. The van der Waals surface area contributed by atoms with Crippen molar-refractivity contribution in [2.75, 3.05) is 0 Å². The zero-order valence-electron chi connectivity index (χ0n) is 19.4. The van der Waals surface area contributed by atoms with Gasteiger partial charge in [-0.1, -0.05) is 59.8 Å². The van der Waals surface area contributed by atoms with Crippen LogP contribution in [0.1, 0.15) is 45.5 Å². The molecule has 0 atom stereocenters. The van der Waals surface area contributed by atoms with Crippen LogP contribution in [-0.4, -0.2) is 21.5 Å². The molecule has 0 bridgehead atoms. The van der Waals surface area contributed by atoms with Crippen LogP contribution in [0.15, 0.2) is 76.7 Å². The number of hydrogen-bond donors (Lipinski definition) is 1. The van der Waals surface area contributed by atoms with Gasteiger partial charge in [-0.2, -0.15) is 0 Å². The lowest BCUT2D eigenvalue weighted by Crippen LogP contribution is -2.25. The van der Waals surface area contributed by atoms with Gasteiger partial charge < -0.3 is 5.32 Å². The smallest absolute Gasteiger partial charge is 0.262 e. The van der Waals surface area contributed by atoms with Crippen molar-refractivity contribution in [1.82, 2.24) is 14.9 Å². The number of rotatable bonds is 7. The molecule has 1 aliphatic carbocycles. The van der Waals surface area contributed by atoms with Crippen molar-refractivity contribution >= 4 is 28.6 Å². The van der Waals surface area contributed by atoms with E-state index in [-0.39, 0.29) is 11.5 Å². The van der Waals surface area contributed by atoms with Gasteiger partial charge >= 0.3 is 0 Å². The summed E-state index contributed by atoms with van der Waals surface area (Å²) in [6.45, 7) is 4.60. The van der Waals surface area contributed by atoms with Gasteiger partial charge in [-0.15, -0.1) is 0 Å². The van der Waals surface area contributed by atoms with Crippen LogP contribution in [0.5, 0.6) is 0 Å². The minimum atomic E-state index is -0.0513. The third-order valence-corrected chi connectivity index (χ3v) is 7.18. The lowest BCUT2D eigenvalue weighted by molar-refractivity contribution is 0.0951. The van der Waals surface area contributed by atoms with Gasteiger partial charge in [-0.3, -0.25) is 14.2 Å². The number of carbonyl (C=O) groups excluding carboxylic acids is 1. The second-order valence-electron chi connectivity index (χ2n) is 8.97. The van der Waals surface area contributed by atoms with E-state index < -0.39 is 0 Å². The highest BCUT2D eigenvalue weighted by atomic mass is 32.2. The van der Waals surface area contributed by atoms with E-state index in [0.29, 0.717) is 34.2 Å². The van der Waals surface area contributed by atoms with E-state index in [1.165, 1.54) is 16.7 Å². The molecule has 1 amide bonds. The van der Waals surface area contributed by atoms with Crippen molar-refractivity contribution < 1.29 is 4.79 Å². The molecule has 1 N–H and O–H groups in total. The van der Waals surface area contributed by atoms with Crippen molar-refractivity contribution in [3.05, 3.63) is 105 Å². The Morgan fingerprint density at radius 2 is 1.82 bits per heavy atom. The molecule has 0 spiro atoms. The van der Waals surface area contributed by atoms with Crippen LogP contribution in [0.25, 0.3) is 10.9 Å². The SMILES string of the molecule is Cc1ccc(C)c(CSc2nc3ccccc3c(=O)n2Cc2ccc(C(=O)NC3CC3)cc2)c1. The number of carbonyl (C=O) groups is 1. The van der Waals surface area contributed by atoms with Crippen LogP contribution in [0, 0.1) is 13.8 Å². The quantitative estimate of drug-likeness (QED) is 0.297. The molecule has 1 aliphatic rings. The normalized spacial score (nSPS) is 13.2. The molecule has 34 heavy (non-hydrogen) atoms. The summed E-state index contributed by atoms with van der Waals surface area (Å²) >= 11 is 1.58. The van der Waals surface area contributed by atoms with E-state index in [4.69, 9.17) is 4.98 Å². The number of benzene rings is 3. The number of nitrogens with zero attached hydrogens (tertiary/aromatic N) is 2. The molecule has 1 saturated carbocycles. The van der Waals surface area contributed by atoms with Crippen molar-refractivity contribution in [3.63, 3.8) is 0 Å². The van der Waals surface area contributed by atoms with Gasteiger partial charge in [0.2, 0.25) is 0 Å². The minimum Gasteiger partial charge on any atom is -0.349 e. The fraction of sp³-hybridized carbons (Fsp3) is 0.250. The van der Waals surface area contributed by atoms with E-state index in [9.17, 15) is 9.59 Å². The molecule has 3 aromatic carbocycles. The summed E-state index contributed by atoms with van der Waals surface area (Å²) in [6, 6.07) is 21.7. The van der Waals surface area contributed by atoms with Crippen LogP contribution in [0.3, 0.4) is 0 Å². The maximum absolute atomic E-state index is 13.4. The van der Waals surface area contributed by atoms with Crippen LogP contribution in [0.2, 0.25) is 0 Å². The lowest BCUT2D eigenvalue weighted by Gasteiger charge is -2.14. The predicted octanol–water partition coefficient (Wildman–Crippen LogP) is 5.25. The highest BCUT2D eigenvalue weighted by molar-refractivity contribution is 7.98. The molecule has 1 heterocycles. The van der Waals surface area contributed by atoms with E-state index >= 15 is 0 Å². The number of nitrogens with one attached hydrogen (secondary N) is 1. The van der Waals surface area contributed by atoms with Gasteiger partial charge in [0.15, 0.2) is 5.16 Å². The van der Waals surface area contributed by atoms with E-state index in [1.54, 1.807) is 16.3 Å². The molecule has 0 unspecified atom stereocenters. The first-order valence-corrected chi connectivity index (χ1v) is 12.5. The summed E-state index contributed by atoms with van der Waals surface area (Å²) < 4.78 is 1.75. The number of aromatic nitrogens is 2. The predicted molar refractivity (Wildman–Crippen MR) is 138 cm³/mol. The Labute approximate surface area is 203 Å². The molecular weight excluding hydrogens is 442 g/mol. The highest BCUT2D eigenvalue weighted by Gasteiger charge is 2.23. The summed E-state index contributed by atoms with van der Waals surface area (Å²) in [5.41, 5.74) is 5.94. The molecule has 5 nitrogen and oxygen atoms in total. The Morgan fingerprint density at radius 3 is 2.59 bits per heavy atom. The molecule has 6 heteroatoms.